The summed E-state index contributed by atoms with van der Waals surface area (Å²) in [6.45, 7) is 0.322. The molecule has 2 aromatic carbocycles. The third-order valence-corrected chi connectivity index (χ3v) is 4.85. The lowest BCUT2D eigenvalue weighted by atomic mass is 10.2. The fourth-order valence-corrected chi connectivity index (χ4v) is 3.14. The van der Waals surface area contributed by atoms with Gasteiger partial charge in [-0.1, -0.05) is 54.2 Å². The second kappa shape index (κ2) is 9.14. The van der Waals surface area contributed by atoms with Crippen molar-refractivity contribution in [3.63, 3.8) is 0 Å². The number of hydrogen-bond donors (Lipinski definition) is 2. The molecule has 2 N–H and O–H groups in total. The van der Waals surface area contributed by atoms with Crippen molar-refractivity contribution in [2.24, 2.45) is 7.05 Å². The van der Waals surface area contributed by atoms with E-state index in [0.717, 1.165) is 17.3 Å². The number of amides is 3. The van der Waals surface area contributed by atoms with Gasteiger partial charge in [-0.15, -0.1) is 10.2 Å². The second-order valence-corrected chi connectivity index (χ2v) is 6.79. The highest BCUT2D eigenvalue weighted by molar-refractivity contribution is 7.99. The monoisotopic (exact) mass is 399 g/mol. The van der Waals surface area contributed by atoms with Crippen molar-refractivity contribution in [3.8, 4) is 11.4 Å². The Bertz CT molecular complexity index is 977. The number of carbonyl (C=O) groups excluding carboxylic acids is 2. The van der Waals surface area contributed by atoms with E-state index >= 15 is 0 Å². The number of imide groups is 1. The molecule has 3 rings (SSSR count). The Labute approximate surface area is 165 Å². The molecule has 0 aliphatic heterocycles. The van der Waals surface area contributed by atoms with E-state index in [1.807, 2.05) is 30.3 Å². The molecular formula is C19H18FN5O2S. The number of urea groups is 1. The predicted octanol–water partition coefficient (Wildman–Crippen LogP) is 2.74. The highest BCUT2D eigenvalue weighted by Crippen LogP contribution is 2.24. The summed E-state index contributed by atoms with van der Waals surface area (Å²) in [4.78, 5) is 23.8. The Balaban J connectivity index is 1.51. The average molecular weight is 399 g/mol. The standard InChI is InChI=1S/C19H18FN5O2S/c1-25-17(14-9-5-6-10-15(14)20)23-24-19(25)28-12-16(26)22-18(27)21-11-13-7-3-2-4-8-13/h2-10H,11-12H2,1H3,(H2,21,22,26,27). The van der Waals surface area contributed by atoms with Crippen LogP contribution in [0.3, 0.4) is 0 Å². The highest BCUT2D eigenvalue weighted by atomic mass is 32.2. The maximum atomic E-state index is 13.9. The van der Waals surface area contributed by atoms with E-state index in [1.165, 1.54) is 6.07 Å². The summed E-state index contributed by atoms with van der Waals surface area (Å²) in [6.07, 6.45) is 0. The molecule has 0 spiro atoms. The van der Waals surface area contributed by atoms with Crippen molar-refractivity contribution in [3.05, 3.63) is 66.0 Å². The Morgan fingerprint density at radius 3 is 2.54 bits per heavy atom. The van der Waals surface area contributed by atoms with E-state index < -0.39 is 17.8 Å². The fraction of sp³-hybridized carbons (Fsp3) is 0.158. The van der Waals surface area contributed by atoms with Gasteiger partial charge in [0, 0.05) is 13.6 Å². The van der Waals surface area contributed by atoms with Crippen molar-refractivity contribution >= 4 is 23.7 Å². The first-order chi connectivity index (χ1) is 13.5. The van der Waals surface area contributed by atoms with Crippen LogP contribution in [0.2, 0.25) is 0 Å². The Kier molecular flexibility index (Phi) is 6.38. The maximum Gasteiger partial charge on any atom is 0.321 e. The van der Waals surface area contributed by atoms with Crippen molar-refractivity contribution in [1.82, 2.24) is 25.4 Å². The average Bonchev–Trinajstić information content (AvgIpc) is 3.06. The molecule has 144 valence electrons. The Hall–Kier alpha value is -3.20. The minimum Gasteiger partial charge on any atom is -0.334 e. The van der Waals surface area contributed by atoms with Crippen LogP contribution in [-0.2, 0) is 18.4 Å². The topological polar surface area (TPSA) is 88.9 Å². The van der Waals surface area contributed by atoms with Gasteiger partial charge in [0.05, 0.1) is 11.3 Å². The Morgan fingerprint density at radius 1 is 1.07 bits per heavy atom. The molecule has 0 saturated heterocycles. The van der Waals surface area contributed by atoms with Crippen LogP contribution in [0.1, 0.15) is 5.56 Å². The largest absolute Gasteiger partial charge is 0.334 e. The van der Waals surface area contributed by atoms with Crippen molar-refractivity contribution in [2.45, 2.75) is 11.7 Å². The number of nitrogens with zero attached hydrogens (tertiary/aromatic N) is 3. The first-order valence-electron chi connectivity index (χ1n) is 8.43. The zero-order chi connectivity index (χ0) is 19.9. The van der Waals surface area contributed by atoms with Gasteiger partial charge in [-0.2, -0.15) is 0 Å². The lowest BCUT2D eigenvalue weighted by Crippen LogP contribution is -2.39. The summed E-state index contributed by atoms with van der Waals surface area (Å²) in [5.41, 5.74) is 1.26. The second-order valence-electron chi connectivity index (χ2n) is 5.85. The number of benzene rings is 2. The van der Waals surface area contributed by atoms with Crippen molar-refractivity contribution in [1.29, 1.82) is 0 Å². The molecule has 1 heterocycles. The molecule has 0 saturated carbocycles. The smallest absolute Gasteiger partial charge is 0.321 e. The van der Waals surface area contributed by atoms with Crippen LogP contribution < -0.4 is 10.6 Å². The molecular weight excluding hydrogens is 381 g/mol. The van der Waals surface area contributed by atoms with Crippen molar-refractivity contribution < 1.29 is 14.0 Å². The summed E-state index contributed by atoms with van der Waals surface area (Å²) in [5.74, 6) is -0.530. The SMILES string of the molecule is Cn1c(SCC(=O)NC(=O)NCc2ccccc2)nnc1-c1ccccc1F. The Morgan fingerprint density at radius 2 is 1.79 bits per heavy atom. The molecule has 7 nitrogen and oxygen atoms in total. The van der Waals surface area contributed by atoms with E-state index in [1.54, 1.807) is 29.8 Å². The van der Waals surface area contributed by atoms with Gasteiger partial charge < -0.3 is 9.88 Å². The lowest BCUT2D eigenvalue weighted by Gasteiger charge is -2.07. The molecule has 0 atom stereocenters. The summed E-state index contributed by atoms with van der Waals surface area (Å²) in [5, 5.41) is 13.3. The third kappa shape index (κ3) is 4.95. The molecule has 0 radical (unpaired) electrons. The van der Waals surface area contributed by atoms with Crippen molar-refractivity contribution in [2.75, 3.05) is 5.75 Å². The molecule has 3 amide bonds. The number of carbonyl (C=O) groups is 2. The molecule has 0 unspecified atom stereocenters. The molecule has 0 bridgehead atoms. The number of thioether (sulfide) groups is 1. The number of hydrogen-bond acceptors (Lipinski definition) is 5. The quantitative estimate of drug-likeness (QED) is 0.622. The van der Waals surface area contributed by atoms with Gasteiger partial charge in [0.1, 0.15) is 5.82 Å². The van der Waals surface area contributed by atoms with E-state index in [9.17, 15) is 14.0 Å². The van der Waals surface area contributed by atoms with Gasteiger partial charge in [-0.3, -0.25) is 10.1 Å². The zero-order valence-corrected chi connectivity index (χ0v) is 15.9. The third-order valence-electron chi connectivity index (χ3n) is 3.83. The normalized spacial score (nSPS) is 10.5. The summed E-state index contributed by atoms with van der Waals surface area (Å²) < 4.78 is 15.5. The van der Waals surface area contributed by atoms with Gasteiger partial charge in [-0.05, 0) is 17.7 Å². The highest BCUT2D eigenvalue weighted by Gasteiger charge is 2.16. The number of halogens is 1. The predicted molar refractivity (Wildman–Crippen MR) is 104 cm³/mol. The lowest BCUT2D eigenvalue weighted by molar-refractivity contribution is -0.117. The molecule has 1 aromatic heterocycles. The molecule has 9 heteroatoms. The zero-order valence-electron chi connectivity index (χ0n) is 15.1. The number of aromatic nitrogens is 3. The molecule has 0 aliphatic rings. The van der Waals surface area contributed by atoms with Crippen LogP contribution in [0.4, 0.5) is 9.18 Å². The van der Waals surface area contributed by atoms with Gasteiger partial charge >= 0.3 is 6.03 Å². The minimum absolute atomic E-state index is 0.0258. The molecule has 3 aromatic rings. The van der Waals surface area contributed by atoms with Gasteiger partial charge in [-0.25, -0.2) is 9.18 Å². The van der Waals surface area contributed by atoms with Crippen LogP contribution in [0, 0.1) is 5.82 Å². The van der Waals surface area contributed by atoms with Gasteiger partial charge in [0.25, 0.3) is 0 Å². The van der Waals surface area contributed by atoms with Crippen LogP contribution in [0.5, 0.6) is 0 Å². The first kappa shape index (κ1) is 19.6. The summed E-state index contributed by atoms with van der Waals surface area (Å²) in [6, 6.07) is 15.1. The number of rotatable bonds is 6. The van der Waals surface area contributed by atoms with Gasteiger partial charge in [0.15, 0.2) is 11.0 Å². The van der Waals surface area contributed by atoms with E-state index in [-0.39, 0.29) is 5.75 Å². The van der Waals surface area contributed by atoms with E-state index in [4.69, 9.17) is 0 Å². The number of nitrogens with one attached hydrogen (secondary N) is 2. The molecule has 0 aliphatic carbocycles. The van der Waals surface area contributed by atoms with Crippen LogP contribution in [0.25, 0.3) is 11.4 Å². The maximum absolute atomic E-state index is 13.9. The molecule has 28 heavy (non-hydrogen) atoms. The summed E-state index contributed by atoms with van der Waals surface area (Å²) >= 11 is 1.11. The fourth-order valence-electron chi connectivity index (χ4n) is 2.43. The first-order valence-corrected chi connectivity index (χ1v) is 9.42. The molecule has 0 fully saturated rings. The van der Waals surface area contributed by atoms with Crippen LogP contribution in [0.15, 0.2) is 59.8 Å². The summed E-state index contributed by atoms with van der Waals surface area (Å²) in [7, 11) is 1.69. The van der Waals surface area contributed by atoms with Gasteiger partial charge in [0.2, 0.25) is 5.91 Å². The van der Waals surface area contributed by atoms with Crippen LogP contribution in [-0.4, -0.2) is 32.5 Å². The van der Waals surface area contributed by atoms with Crippen LogP contribution >= 0.6 is 11.8 Å². The van der Waals surface area contributed by atoms with E-state index in [2.05, 4.69) is 20.8 Å². The minimum atomic E-state index is -0.570. The van der Waals surface area contributed by atoms with E-state index in [0.29, 0.717) is 23.1 Å².